The zero-order valence-corrected chi connectivity index (χ0v) is 18.0. The molecule has 2 aliphatic rings. The number of piperazine rings is 1. The van der Waals surface area contributed by atoms with Crippen LogP contribution >= 0.6 is 0 Å². The summed E-state index contributed by atoms with van der Waals surface area (Å²) in [5.41, 5.74) is 2.63. The van der Waals surface area contributed by atoms with Crippen molar-refractivity contribution < 1.29 is 4.79 Å². The van der Waals surface area contributed by atoms with E-state index in [2.05, 4.69) is 70.6 Å². The summed E-state index contributed by atoms with van der Waals surface area (Å²) in [7, 11) is -0.715. The average molecular weight is 393 g/mol. The van der Waals surface area contributed by atoms with E-state index in [-0.39, 0.29) is 5.91 Å². The van der Waals surface area contributed by atoms with Gasteiger partial charge in [0.05, 0.1) is 0 Å². The second-order valence-corrected chi connectivity index (χ2v) is 10.7. The van der Waals surface area contributed by atoms with Gasteiger partial charge in [0.2, 0.25) is 0 Å². The standard InChI is InChI=1S/C23H30N3OSi/c1-19-26(23(27)21-11-6-7-12-22(21)28(19)2)14-8-13-24-15-17-25(18-16-24)20-9-4-3-5-10-20/h3-7,9-12,19H,8,13-18H2,1-2H3. The number of nitrogens with zero attached hydrogens (tertiary/aromatic N) is 3. The van der Waals surface area contributed by atoms with Gasteiger partial charge >= 0.3 is 0 Å². The maximum atomic E-state index is 13.0. The number of rotatable bonds is 5. The van der Waals surface area contributed by atoms with E-state index in [0.29, 0.717) is 5.67 Å². The zero-order chi connectivity index (χ0) is 19.5. The van der Waals surface area contributed by atoms with Gasteiger partial charge in [0, 0.05) is 49.6 Å². The summed E-state index contributed by atoms with van der Waals surface area (Å²) in [4.78, 5) is 20.1. The van der Waals surface area contributed by atoms with Crippen molar-refractivity contribution in [2.75, 3.05) is 44.2 Å². The van der Waals surface area contributed by atoms with Crippen molar-refractivity contribution in [3.05, 3.63) is 60.2 Å². The molecule has 147 valence electrons. The lowest BCUT2D eigenvalue weighted by Crippen LogP contribution is -2.58. The van der Waals surface area contributed by atoms with Crippen molar-refractivity contribution >= 4 is 25.6 Å². The maximum Gasteiger partial charge on any atom is 0.253 e. The van der Waals surface area contributed by atoms with Crippen LogP contribution in [0.4, 0.5) is 5.69 Å². The van der Waals surface area contributed by atoms with Crippen LogP contribution in [0.15, 0.2) is 54.6 Å². The summed E-state index contributed by atoms with van der Waals surface area (Å²) in [6.07, 6.45) is 1.05. The van der Waals surface area contributed by atoms with Gasteiger partial charge in [-0.2, -0.15) is 0 Å². The third-order valence-corrected chi connectivity index (χ3v) is 9.16. The lowest BCUT2D eigenvalue weighted by atomic mass is 10.1. The van der Waals surface area contributed by atoms with Gasteiger partial charge in [0.25, 0.3) is 5.91 Å². The summed E-state index contributed by atoms with van der Waals surface area (Å²) in [6.45, 7) is 10.9. The smallest absolute Gasteiger partial charge is 0.253 e. The predicted molar refractivity (Wildman–Crippen MR) is 118 cm³/mol. The monoisotopic (exact) mass is 392 g/mol. The average Bonchev–Trinajstić information content (AvgIpc) is 2.75. The van der Waals surface area contributed by atoms with Crippen LogP contribution < -0.4 is 10.1 Å². The molecule has 1 fully saturated rings. The fraction of sp³-hybridized carbons (Fsp3) is 0.435. The molecule has 0 saturated carbocycles. The van der Waals surface area contributed by atoms with Gasteiger partial charge in [-0.15, -0.1) is 0 Å². The topological polar surface area (TPSA) is 26.8 Å². The molecule has 4 nitrogen and oxygen atoms in total. The second kappa shape index (κ2) is 8.49. The Labute approximate surface area is 170 Å². The molecular formula is C23H30N3OSi. The third kappa shape index (κ3) is 3.87. The molecule has 2 aliphatic heterocycles. The highest BCUT2D eigenvalue weighted by Gasteiger charge is 2.35. The Balaban J connectivity index is 1.28. The van der Waals surface area contributed by atoms with E-state index < -0.39 is 8.80 Å². The molecule has 28 heavy (non-hydrogen) atoms. The summed E-state index contributed by atoms with van der Waals surface area (Å²) in [6, 6.07) is 18.9. The number of anilines is 1. The van der Waals surface area contributed by atoms with Crippen molar-refractivity contribution in [1.29, 1.82) is 0 Å². The Morgan fingerprint density at radius 1 is 0.929 bits per heavy atom. The first-order chi connectivity index (χ1) is 13.6. The predicted octanol–water partition coefficient (Wildman–Crippen LogP) is 2.61. The van der Waals surface area contributed by atoms with E-state index in [9.17, 15) is 4.79 Å². The van der Waals surface area contributed by atoms with E-state index in [1.807, 2.05) is 12.1 Å². The van der Waals surface area contributed by atoms with Crippen LogP contribution in [-0.2, 0) is 0 Å². The Bertz CT molecular complexity index is 805. The Morgan fingerprint density at radius 2 is 1.61 bits per heavy atom. The molecule has 1 saturated heterocycles. The van der Waals surface area contributed by atoms with Gasteiger partial charge in [-0.25, -0.2) is 0 Å². The van der Waals surface area contributed by atoms with Gasteiger partial charge in [0.15, 0.2) is 0 Å². The first-order valence-electron chi connectivity index (χ1n) is 10.4. The fourth-order valence-corrected chi connectivity index (χ4v) is 6.57. The molecule has 2 aromatic carbocycles. The largest absolute Gasteiger partial charge is 0.369 e. The number of carbonyl (C=O) groups is 1. The quantitative estimate of drug-likeness (QED) is 0.732. The minimum atomic E-state index is -0.715. The van der Waals surface area contributed by atoms with Gasteiger partial charge < -0.3 is 9.80 Å². The van der Waals surface area contributed by atoms with E-state index in [4.69, 9.17) is 0 Å². The van der Waals surface area contributed by atoms with Crippen LogP contribution in [0.5, 0.6) is 0 Å². The van der Waals surface area contributed by atoms with Gasteiger partial charge in [-0.3, -0.25) is 9.69 Å². The highest BCUT2D eigenvalue weighted by molar-refractivity contribution is 6.75. The second-order valence-electron chi connectivity index (χ2n) is 7.92. The highest BCUT2D eigenvalue weighted by atomic mass is 28.3. The molecule has 2 heterocycles. The normalized spacial score (nSPS) is 21.1. The minimum Gasteiger partial charge on any atom is -0.369 e. The summed E-state index contributed by atoms with van der Waals surface area (Å²) in [5, 5.41) is 1.30. The zero-order valence-electron chi connectivity index (χ0n) is 17.0. The number of hydrogen-bond donors (Lipinski definition) is 0. The van der Waals surface area contributed by atoms with E-state index in [1.165, 1.54) is 10.9 Å². The summed E-state index contributed by atoms with van der Waals surface area (Å²) < 4.78 is 0. The Hall–Kier alpha value is -2.11. The van der Waals surface area contributed by atoms with E-state index in [0.717, 1.165) is 51.3 Å². The van der Waals surface area contributed by atoms with Crippen LogP contribution in [0.3, 0.4) is 0 Å². The molecular weight excluding hydrogens is 362 g/mol. The third-order valence-electron chi connectivity index (χ3n) is 6.30. The first-order valence-corrected chi connectivity index (χ1v) is 12.5. The maximum absolute atomic E-state index is 13.0. The molecule has 0 aromatic heterocycles. The molecule has 2 aromatic rings. The molecule has 1 unspecified atom stereocenters. The number of para-hydroxylation sites is 1. The van der Waals surface area contributed by atoms with Crippen molar-refractivity contribution in [3.8, 4) is 0 Å². The molecule has 0 bridgehead atoms. The van der Waals surface area contributed by atoms with Crippen LogP contribution in [0, 0.1) is 0 Å². The molecule has 1 radical (unpaired) electrons. The lowest BCUT2D eigenvalue weighted by Gasteiger charge is -2.39. The van der Waals surface area contributed by atoms with Crippen LogP contribution in [0.2, 0.25) is 6.55 Å². The summed E-state index contributed by atoms with van der Waals surface area (Å²) >= 11 is 0. The number of fused-ring (bicyclic) bond motifs is 1. The van der Waals surface area contributed by atoms with Crippen molar-refractivity contribution in [3.63, 3.8) is 0 Å². The van der Waals surface area contributed by atoms with Gasteiger partial charge in [-0.1, -0.05) is 42.9 Å². The first kappa shape index (κ1) is 19.2. The molecule has 4 rings (SSSR count). The SMILES string of the molecule is CC1N(CCCN2CCN(c3ccccc3)CC2)C(=O)c2ccccc2[Si]1C. The van der Waals surface area contributed by atoms with Crippen LogP contribution in [0.1, 0.15) is 23.7 Å². The molecule has 0 aliphatic carbocycles. The number of hydrogen-bond acceptors (Lipinski definition) is 3. The summed E-state index contributed by atoms with van der Waals surface area (Å²) in [5.74, 6) is 0.229. The van der Waals surface area contributed by atoms with E-state index in [1.54, 1.807) is 0 Å². The number of benzene rings is 2. The lowest BCUT2D eigenvalue weighted by molar-refractivity contribution is 0.0725. The Morgan fingerprint density at radius 3 is 2.36 bits per heavy atom. The van der Waals surface area contributed by atoms with Gasteiger partial charge in [0.1, 0.15) is 8.80 Å². The van der Waals surface area contributed by atoms with Gasteiger partial charge in [-0.05, 0) is 43.3 Å². The van der Waals surface area contributed by atoms with Crippen molar-refractivity contribution in [2.24, 2.45) is 0 Å². The number of amides is 1. The Kier molecular flexibility index (Phi) is 5.83. The molecule has 0 N–H and O–H groups in total. The molecule has 5 heteroatoms. The fourth-order valence-electron chi connectivity index (χ4n) is 4.43. The van der Waals surface area contributed by atoms with Crippen molar-refractivity contribution in [1.82, 2.24) is 9.80 Å². The minimum absolute atomic E-state index is 0.229. The van der Waals surface area contributed by atoms with Crippen LogP contribution in [-0.4, -0.2) is 69.4 Å². The molecule has 1 atom stereocenters. The molecule has 0 spiro atoms. The van der Waals surface area contributed by atoms with E-state index >= 15 is 0 Å². The number of carbonyl (C=O) groups excluding carboxylic acids is 1. The van der Waals surface area contributed by atoms with Crippen molar-refractivity contribution in [2.45, 2.75) is 25.6 Å². The van der Waals surface area contributed by atoms with Crippen LogP contribution in [0.25, 0.3) is 0 Å². The highest BCUT2D eigenvalue weighted by Crippen LogP contribution is 2.18. The molecule has 1 amide bonds.